The van der Waals surface area contributed by atoms with Gasteiger partial charge in [-0.25, -0.2) is 9.18 Å². The lowest BCUT2D eigenvalue weighted by molar-refractivity contribution is -0.142. The molecule has 1 aromatic carbocycles. The van der Waals surface area contributed by atoms with E-state index in [-0.39, 0.29) is 17.2 Å². The SMILES string of the molecule is COCC(=O)NC(C(=O)O)c1ccc(Cl)c(F)c1. The van der Waals surface area contributed by atoms with E-state index in [1.165, 1.54) is 19.2 Å². The highest BCUT2D eigenvalue weighted by Gasteiger charge is 2.22. The minimum Gasteiger partial charge on any atom is -0.479 e. The van der Waals surface area contributed by atoms with Gasteiger partial charge in [0.2, 0.25) is 5.91 Å². The Labute approximate surface area is 108 Å². The lowest BCUT2D eigenvalue weighted by atomic mass is 10.1. The summed E-state index contributed by atoms with van der Waals surface area (Å²) in [6.45, 7) is -0.278. The predicted octanol–water partition coefficient (Wildman–Crippen LogP) is 1.37. The molecule has 1 aromatic rings. The van der Waals surface area contributed by atoms with Gasteiger partial charge >= 0.3 is 5.97 Å². The predicted molar refractivity (Wildman–Crippen MR) is 61.8 cm³/mol. The van der Waals surface area contributed by atoms with Gasteiger partial charge in [-0.05, 0) is 17.7 Å². The molecule has 0 aliphatic carbocycles. The van der Waals surface area contributed by atoms with Gasteiger partial charge in [0.15, 0.2) is 6.04 Å². The van der Waals surface area contributed by atoms with Crippen molar-refractivity contribution in [3.8, 4) is 0 Å². The first-order valence-corrected chi connectivity index (χ1v) is 5.29. The van der Waals surface area contributed by atoms with E-state index < -0.39 is 23.7 Å². The van der Waals surface area contributed by atoms with E-state index in [4.69, 9.17) is 16.7 Å². The minimum atomic E-state index is -1.35. The number of methoxy groups -OCH3 is 1. The largest absolute Gasteiger partial charge is 0.479 e. The third-order valence-corrected chi connectivity index (χ3v) is 2.41. The van der Waals surface area contributed by atoms with E-state index in [1.54, 1.807) is 0 Å². The zero-order chi connectivity index (χ0) is 13.7. The number of ether oxygens (including phenoxy) is 1. The Morgan fingerprint density at radius 2 is 2.22 bits per heavy atom. The molecule has 1 atom stereocenters. The first-order valence-electron chi connectivity index (χ1n) is 4.91. The molecule has 0 aliphatic heterocycles. The second-order valence-corrected chi connectivity index (χ2v) is 3.85. The molecule has 2 N–H and O–H groups in total. The number of hydrogen-bond donors (Lipinski definition) is 2. The van der Waals surface area contributed by atoms with Crippen molar-refractivity contribution in [2.24, 2.45) is 0 Å². The van der Waals surface area contributed by atoms with Crippen molar-refractivity contribution >= 4 is 23.5 Å². The number of halogens is 2. The van der Waals surface area contributed by atoms with Crippen LogP contribution in [-0.2, 0) is 14.3 Å². The molecule has 1 amide bonds. The molecule has 0 radical (unpaired) electrons. The van der Waals surface area contributed by atoms with Gasteiger partial charge in [0.05, 0.1) is 5.02 Å². The van der Waals surface area contributed by atoms with Crippen molar-refractivity contribution in [2.75, 3.05) is 13.7 Å². The van der Waals surface area contributed by atoms with Crippen LogP contribution in [0.2, 0.25) is 5.02 Å². The summed E-state index contributed by atoms with van der Waals surface area (Å²) in [4.78, 5) is 22.3. The summed E-state index contributed by atoms with van der Waals surface area (Å²) < 4.78 is 17.8. The quantitative estimate of drug-likeness (QED) is 0.851. The normalized spacial score (nSPS) is 11.9. The Hall–Kier alpha value is -1.66. The van der Waals surface area contributed by atoms with Gasteiger partial charge in [-0.1, -0.05) is 17.7 Å². The Kier molecular flexibility index (Phi) is 5.06. The molecule has 0 saturated carbocycles. The molecule has 1 rings (SSSR count). The molecule has 0 bridgehead atoms. The van der Waals surface area contributed by atoms with Crippen molar-refractivity contribution in [2.45, 2.75) is 6.04 Å². The van der Waals surface area contributed by atoms with Crippen LogP contribution in [0.5, 0.6) is 0 Å². The lowest BCUT2D eigenvalue weighted by Crippen LogP contribution is -2.35. The summed E-state index contributed by atoms with van der Waals surface area (Å²) in [5, 5.41) is 11.1. The highest BCUT2D eigenvalue weighted by atomic mass is 35.5. The van der Waals surface area contributed by atoms with E-state index in [0.29, 0.717) is 0 Å². The van der Waals surface area contributed by atoms with Crippen LogP contribution in [0.3, 0.4) is 0 Å². The molecule has 18 heavy (non-hydrogen) atoms. The molecular formula is C11H11ClFNO4. The van der Waals surface area contributed by atoms with Gasteiger partial charge < -0.3 is 15.2 Å². The van der Waals surface area contributed by atoms with Crippen LogP contribution < -0.4 is 5.32 Å². The van der Waals surface area contributed by atoms with Gasteiger partial charge in [0, 0.05) is 7.11 Å². The molecule has 7 heteroatoms. The van der Waals surface area contributed by atoms with Crippen molar-refractivity contribution in [1.82, 2.24) is 5.32 Å². The van der Waals surface area contributed by atoms with Crippen molar-refractivity contribution in [3.63, 3.8) is 0 Å². The molecule has 0 heterocycles. The lowest BCUT2D eigenvalue weighted by Gasteiger charge is -2.14. The summed E-state index contributed by atoms with van der Waals surface area (Å²) in [7, 11) is 1.30. The number of aliphatic carboxylic acids is 1. The third-order valence-electron chi connectivity index (χ3n) is 2.10. The van der Waals surface area contributed by atoms with Crippen LogP contribution in [-0.4, -0.2) is 30.7 Å². The van der Waals surface area contributed by atoms with Crippen molar-refractivity contribution < 1.29 is 23.8 Å². The highest BCUT2D eigenvalue weighted by molar-refractivity contribution is 6.30. The summed E-state index contributed by atoms with van der Waals surface area (Å²) in [6.07, 6.45) is 0. The van der Waals surface area contributed by atoms with Crippen LogP contribution in [0.15, 0.2) is 18.2 Å². The fourth-order valence-corrected chi connectivity index (χ4v) is 1.43. The van der Waals surface area contributed by atoms with Crippen LogP contribution >= 0.6 is 11.6 Å². The summed E-state index contributed by atoms with van der Waals surface area (Å²) in [5.74, 6) is -2.66. The first kappa shape index (κ1) is 14.4. The van der Waals surface area contributed by atoms with Gasteiger partial charge in [-0.15, -0.1) is 0 Å². The first-order chi connectivity index (χ1) is 8.45. The van der Waals surface area contributed by atoms with Crippen molar-refractivity contribution in [3.05, 3.63) is 34.6 Å². The van der Waals surface area contributed by atoms with Gasteiger partial charge in [0.1, 0.15) is 12.4 Å². The average molecular weight is 276 g/mol. The standard InChI is InChI=1S/C11H11ClFNO4/c1-18-5-9(15)14-10(11(16)17)6-2-3-7(12)8(13)4-6/h2-4,10H,5H2,1H3,(H,14,15)(H,16,17). The molecule has 5 nitrogen and oxygen atoms in total. The van der Waals surface area contributed by atoms with E-state index in [2.05, 4.69) is 10.1 Å². The Morgan fingerprint density at radius 3 is 2.72 bits per heavy atom. The molecule has 0 spiro atoms. The van der Waals surface area contributed by atoms with Crippen LogP contribution in [0.25, 0.3) is 0 Å². The fraction of sp³-hybridized carbons (Fsp3) is 0.273. The molecule has 0 aromatic heterocycles. The number of carbonyl (C=O) groups excluding carboxylic acids is 1. The molecule has 98 valence electrons. The number of carboxylic acids is 1. The Morgan fingerprint density at radius 1 is 1.56 bits per heavy atom. The summed E-state index contributed by atoms with van der Waals surface area (Å²) in [5.41, 5.74) is 0.0915. The number of carboxylic acid groups (broad SMARTS) is 1. The van der Waals surface area contributed by atoms with Crippen LogP contribution in [0.1, 0.15) is 11.6 Å². The molecule has 0 saturated heterocycles. The summed E-state index contributed by atoms with van der Waals surface area (Å²) in [6, 6.07) is 2.18. The zero-order valence-electron chi connectivity index (χ0n) is 9.44. The van der Waals surface area contributed by atoms with E-state index >= 15 is 0 Å². The average Bonchev–Trinajstić information content (AvgIpc) is 2.30. The van der Waals surface area contributed by atoms with Gasteiger partial charge in [-0.2, -0.15) is 0 Å². The smallest absolute Gasteiger partial charge is 0.330 e. The number of benzene rings is 1. The molecular weight excluding hydrogens is 265 g/mol. The maximum atomic E-state index is 13.2. The van der Waals surface area contributed by atoms with Gasteiger partial charge in [-0.3, -0.25) is 4.79 Å². The second kappa shape index (κ2) is 6.32. The highest BCUT2D eigenvalue weighted by Crippen LogP contribution is 2.20. The number of hydrogen-bond acceptors (Lipinski definition) is 3. The maximum Gasteiger partial charge on any atom is 0.330 e. The second-order valence-electron chi connectivity index (χ2n) is 3.45. The summed E-state index contributed by atoms with van der Waals surface area (Å²) >= 11 is 5.49. The molecule has 0 aliphatic rings. The van der Waals surface area contributed by atoms with Crippen molar-refractivity contribution in [1.29, 1.82) is 0 Å². The number of rotatable bonds is 5. The van der Waals surface area contributed by atoms with E-state index in [9.17, 15) is 14.0 Å². The number of amides is 1. The molecule has 1 unspecified atom stereocenters. The topological polar surface area (TPSA) is 75.6 Å². The number of carbonyl (C=O) groups is 2. The van der Waals surface area contributed by atoms with Gasteiger partial charge in [0.25, 0.3) is 0 Å². The molecule has 0 fully saturated rings. The number of nitrogens with one attached hydrogen (secondary N) is 1. The monoisotopic (exact) mass is 275 g/mol. The maximum absolute atomic E-state index is 13.2. The van der Waals surface area contributed by atoms with Crippen LogP contribution in [0.4, 0.5) is 4.39 Å². The Bertz CT molecular complexity index is 466. The Balaban J connectivity index is 2.94. The van der Waals surface area contributed by atoms with E-state index in [1.807, 2.05) is 0 Å². The van der Waals surface area contributed by atoms with E-state index in [0.717, 1.165) is 6.07 Å². The van der Waals surface area contributed by atoms with Crippen LogP contribution in [0, 0.1) is 5.82 Å². The zero-order valence-corrected chi connectivity index (χ0v) is 10.2. The third kappa shape index (κ3) is 3.68. The fourth-order valence-electron chi connectivity index (χ4n) is 1.31. The minimum absolute atomic E-state index is 0.0915.